The molecule has 1 aliphatic heterocycles. The number of sulfonamides is 1. The molecular formula is C19H23N3O4S. The van der Waals surface area contributed by atoms with E-state index in [0.29, 0.717) is 24.3 Å². The number of anilines is 1. The molecule has 1 amide bonds. The third-order valence-corrected chi connectivity index (χ3v) is 6.16. The maximum absolute atomic E-state index is 12.8. The Kier molecular flexibility index (Phi) is 5.59. The number of nitrogens with zero attached hydrogens (tertiary/aromatic N) is 2. The van der Waals surface area contributed by atoms with E-state index in [-0.39, 0.29) is 23.0 Å². The standard InChI is InChI=1S/C19H23N3O4S/c1-13-4-5-16(10-20-13)19(23)21-17-6-8-18(9-7-17)27(24,25)22-11-14(2)26-15(3)12-22/h4-10,14-15H,11-12H2,1-3H3,(H,21,23). The fraction of sp³-hybridized carbons (Fsp3) is 0.368. The van der Waals surface area contributed by atoms with E-state index in [1.807, 2.05) is 20.8 Å². The van der Waals surface area contributed by atoms with Gasteiger partial charge in [0.1, 0.15) is 0 Å². The lowest BCUT2D eigenvalue weighted by molar-refractivity contribution is -0.0440. The van der Waals surface area contributed by atoms with Crippen molar-refractivity contribution in [1.82, 2.24) is 9.29 Å². The van der Waals surface area contributed by atoms with Gasteiger partial charge in [-0.1, -0.05) is 0 Å². The molecule has 27 heavy (non-hydrogen) atoms. The van der Waals surface area contributed by atoms with Crippen molar-refractivity contribution in [2.75, 3.05) is 18.4 Å². The van der Waals surface area contributed by atoms with Crippen LogP contribution in [0.3, 0.4) is 0 Å². The molecule has 1 aromatic carbocycles. The Morgan fingerprint density at radius 1 is 1.11 bits per heavy atom. The molecule has 1 aromatic heterocycles. The summed E-state index contributed by atoms with van der Waals surface area (Å²) in [4.78, 5) is 16.5. The highest BCUT2D eigenvalue weighted by atomic mass is 32.2. The average Bonchev–Trinajstić information content (AvgIpc) is 2.62. The van der Waals surface area contributed by atoms with Crippen LogP contribution in [0.2, 0.25) is 0 Å². The quantitative estimate of drug-likeness (QED) is 0.868. The maximum atomic E-state index is 12.8. The lowest BCUT2D eigenvalue weighted by atomic mass is 10.2. The van der Waals surface area contributed by atoms with Gasteiger partial charge >= 0.3 is 0 Å². The number of carbonyl (C=O) groups excluding carboxylic acids is 1. The molecule has 0 saturated carbocycles. The van der Waals surface area contributed by atoms with Crippen LogP contribution in [0.15, 0.2) is 47.5 Å². The smallest absolute Gasteiger partial charge is 0.257 e. The number of benzene rings is 1. The molecule has 2 atom stereocenters. The van der Waals surface area contributed by atoms with Crippen molar-refractivity contribution in [1.29, 1.82) is 0 Å². The summed E-state index contributed by atoms with van der Waals surface area (Å²) in [6, 6.07) is 9.62. The highest BCUT2D eigenvalue weighted by molar-refractivity contribution is 7.89. The Labute approximate surface area is 159 Å². The summed E-state index contributed by atoms with van der Waals surface area (Å²) in [6.07, 6.45) is 1.21. The molecular weight excluding hydrogens is 366 g/mol. The highest BCUT2D eigenvalue weighted by Gasteiger charge is 2.32. The first kappa shape index (κ1) is 19.5. The molecule has 1 saturated heterocycles. The second-order valence-electron chi connectivity index (χ2n) is 6.75. The van der Waals surface area contributed by atoms with E-state index < -0.39 is 10.0 Å². The zero-order valence-corrected chi connectivity index (χ0v) is 16.4. The number of rotatable bonds is 4. The van der Waals surface area contributed by atoms with Gasteiger partial charge in [0.05, 0.1) is 22.7 Å². The van der Waals surface area contributed by atoms with E-state index >= 15 is 0 Å². The van der Waals surface area contributed by atoms with Crippen molar-refractivity contribution in [2.24, 2.45) is 0 Å². The van der Waals surface area contributed by atoms with E-state index in [0.717, 1.165) is 5.69 Å². The van der Waals surface area contributed by atoms with Gasteiger partial charge in [0.2, 0.25) is 10.0 Å². The van der Waals surface area contributed by atoms with E-state index in [1.54, 1.807) is 24.3 Å². The number of nitrogens with one attached hydrogen (secondary N) is 1. The number of ether oxygens (including phenoxy) is 1. The van der Waals surface area contributed by atoms with Crippen LogP contribution in [0, 0.1) is 6.92 Å². The van der Waals surface area contributed by atoms with Crippen LogP contribution in [0.5, 0.6) is 0 Å². The van der Waals surface area contributed by atoms with Gasteiger partial charge in [-0.15, -0.1) is 0 Å². The van der Waals surface area contributed by atoms with Gasteiger partial charge in [-0.3, -0.25) is 9.78 Å². The lowest BCUT2D eigenvalue weighted by Crippen LogP contribution is -2.48. The lowest BCUT2D eigenvalue weighted by Gasteiger charge is -2.34. The molecule has 2 aromatic rings. The van der Waals surface area contributed by atoms with Crippen molar-refractivity contribution < 1.29 is 17.9 Å². The Bertz CT molecular complexity index is 901. The predicted molar refractivity (Wildman–Crippen MR) is 102 cm³/mol. The number of pyridine rings is 1. The molecule has 1 fully saturated rings. The van der Waals surface area contributed by atoms with Crippen molar-refractivity contribution in [3.05, 3.63) is 53.9 Å². The van der Waals surface area contributed by atoms with Crippen LogP contribution in [-0.4, -0.2) is 48.9 Å². The minimum absolute atomic E-state index is 0.148. The zero-order valence-electron chi connectivity index (χ0n) is 15.5. The van der Waals surface area contributed by atoms with Crippen molar-refractivity contribution in [3.8, 4) is 0 Å². The van der Waals surface area contributed by atoms with E-state index in [2.05, 4.69) is 10.3 Å². The normalized spacial score (nSPS) is 21.0. The van der Waals surface area contributed by atoms with Crippen LogP contribution in [0.25, 0.3) is 0 Å². The number of aromatic nitrogens is 1. The van der Waals surface area contributed by atoms with Gasteiger partial charge in [0, 0.05) is 30.7 Å². The molecule has 2 heterocycles. The van der Waals surface area contributed by atoms with Crippen LogP contribution in [0.1, 0.15) is 29.9 Å². The van der Waals surface area contributed by atoms with Crippen LogP contribution in [-0.2, 0) is 14.8 Å². The summed E-state index contributed by atoms with van der Waals surface area (Å²) in [5, 5.41) is 2.74. The first-order chi connectivity index (χ1) is 12.8. The molecule has 0 aliphatic carbocycles. The Morgan fingerprint density at radius 2 is 1.74 bits per heavy atom. The minimum atomic E-state index is -3.60. The summed E-state index contributed by atoms with van der Waals surface area (Å²) >= 11 is 0. The fourth-order valence-electron chi connectivity index (χ4n) is 2.99. The largest absolute Gasteiger partial charge is 0.373 e. The summed E-state index contributed by atoms with van der Waals surface area (Å²) in [6.45, 7) is 6.21. The third-order valence-electron chi connectivity index (χ3n) is 4.31. The number of amides is 1. The van der Waals surface area contributed by atoms with E-state index in [4.69, 9.17) is 4.74 Å². The second kappa shape index (κ2) is 7.75. The van der Waals surface area contributed by atoms with Crippen LogP contribution >= 0.6 is 0 Å². The van der Waals surface area contributed by atoms with Gasteiger partial charge in [-0.2, -0.15) is 4.31 Å². The Morgan fingerprint density at radius 3 is 2.30 bits per heavy atom. The summed E-state index contributed by atoms with van der Waals surface area (Å²) in [5.74, 6) is -0.297. The number of carbonyl (C=O) groups is 1. The Balaban J connectivity index is 1.72. The second-order valence-corrected chi connectivity index (χ2v) is 8.68. The number of aryl methyl sites for hydroxylation is 1. The number of morpholine rings is 1. The molecule has 3 rings (SSSR count). The minimum Gasteiger partial charge on any atom is -0.373 e. The topological polar surface area (TPSA) is 88.6 Å². The van der Waals surface area contributed by atoms with Crippen molar-refractivity contribution in [3.63, 3.8) is 0 Å². The van der Waals surface area contributed by atoms with Crippen LogP contribution in [0.4, 0.5) is 5.69 Å². The molecule has 2 unspecified atom stereocenters. The fourth-order valence-corrected chi connectivity index (χ4v) is 4.58. The molecule has 0 bridgehead atoms. The van der Waals surface area contributed by atoms with Gasteiger partial charge in [0.25, 0.3) is 5.91 Å². The van der Waals surface area contributed by atoms with Gasteiger partial charge < -0.3 is 10.1 Å². The summed E-state index contributed by atoms with van der Waals surface area (Å²) in [7, 11) is -3.60. The number of hydrogen-bond acceptors (Lipinski definition) is 5. The summed E-state index contributed by atoms with van der Waals surface area (Å²) in [5.41, 5.74) is 1.78. The molecule has 1 N–H and O–H groups in total. The van der Waals surface area contributed by atoms with E-state index in [9.17, 15) is 13.2 Å². The van der Waals surface area contributed by atoms with Gasteiger partial charge in [-0.25, -0.2) is 8.42 Å². The first-order valence-corrected chi connectivity index (χ1v) is 10.2. The molecule has 7 nitrogen and oxygen atoms in total. The first-order valence-electron chi connectivity index (χ1n) is 8.75. The SMILES string of the molecule is Cc1ccc(C(=O)Nc2ccc(S(=O)(=O)N3CC(C)OC(C)C3)cc2)cn1. The molecule has 0 radical (unpaired) electrons. The molecule has 1 aliphatic rings. The van der Waals surface area contributed by atoms with Crippen molar-refractivity contribution >= 4 is 21.6 Å². The molecule has 144 valence electrons. The van der Waals surface area contributed by atoms with Crippen molar-refractivity contribution in [2.45, 2.75) is 37.9 Å². The third kappa shape index (κ3) is 4.52. The van der Waals surface area contributed by atoms with Gasteiger partial charge in [0.15, 0.2) is 0 Å². The maximum Gasteiger partial charge on any atom is 0.257 e. The highest BCUT2D eigenvalue weighted by Crippen LogP contribution is 2.22. The summed E-state index contributed by atoms with van der Waals surface area (Å²) < 4.78 is 32.7. The molecule has 0 spiro atoms. The van der Waals surface area contributed by atoms with E-state index in [1.165, 1.54) is 22.6 Å². The predicted octanol–water partition coefficient (Wildman–Crippen LogP) is 2.44. The Hall–Kier alpha value is -2.29. The zero-order chi connectivity index (χ0) is 19.6. The monoisotopic (exact) mass is 389 g/mol. The van der Waals surface area contributed by atoms with Gasteiger partial charge in [-0.05, 0) is 57.2 Å². The average molecular weight is 389 g/mol. The van der Waals surface area contributed by atoms with Crippen LogP contribution < -0.4 is 5.32 Å². The molecule has 8 heteroatoms. The number of hydrogen-bond donors (Lipinski definition) is 1.